The SMILES string of the molecule is O=C(NCCc1ccccc1F)C(=O)NCc1ccncc1. The lowest BCUT2D eigenvalue weighted by molar-refractivity contribution is -0.139. The summed E-state index contributed by atoms with van der Waals surface area (Å²) in [5, 5.41) is 4.97. The van der Waals surface area contributed by atoms with Crippen LogP contribution in [0.15, 0.2) is 48.8 Å². The number of carbonyl (C=O) groups excluding carboxylic acids is 2. The highest BCUT2D eigenvalue weighted by molar-refractivity contribution is 6.35. The number of rotatable bonds is 5. The number of pyridine rings is 1. The molecule has 2 amide bonds. The second-order valence-electron chi connectivity index (χ2n) is 4.64. The van der Waals surface area contributed by atoms with E-state index >= 15 is 0 Å². The van der Waals surface area contributed by atoms with Gasteiger partial charge in [-0.15, -0.1) is 0 Å². The Morgan fingerprint density at radius 1 is 1.00 bits per heavy atom. The fourth-order valence-electron chi connectivity index (χ4n) is 1.86. The molecule has 5 nitrogen and oxygen atoms in total. The quantitative estimate of drug-likeness (QED) is 0.815. The van der Waals surface area contributed by atoms with Gasteiger partial charge in [0.15, 0.2) is 0 Å². The highest BCUT2D eigenvalue weighted by Gasteiger charge is 2.12. The van der Waals surface area contributed by atoms with Gasteiger partial charge < -0.3 is 10.6 Å². The standard InChI is InChI=1S/C16H16FN3O2/c17-14-4-2-1-3-13(14)7-10-19-15(21)16(22)20-11-12-5-8-18-9-6-12/h1-6,8-9H,7,10-11H2,(H,19,21)(H,20,22). The number of benzene rings is 1. The van der Waals surface area contributed by atoms with Gasteiger partial charge in [-0.05, 0) is 35.7 Å². The second kappa shape index (κ2) is 7.87. The molecular weight excluding hydrogens is 285 g/mol. The summed E-state index contributed by atoms with van der Waals surface area (Å²) in [4.78, 5) is 27.1. The molecular formula is C16H16FN3O2. The molecule has 0 unspecified atom stereocenters. The van der Waals surface area contributed by atoms with Crippen molar-refractivity contribution in [2.24, 2.45) is 0 Å². The zero-order valence-corrected chi connectivity index (χ0v) is 11.9. The van der Waals surface area contributed by atoms with Crippen LogP contribution in [0.5, 0.6) is 0 Å². The Labute approximate surface area is 127 Å². The van der Waals surface area contributed by atoms with Crippen LogP contribution in [0.25, 0.3) is 0 Å². The van der Waals surface area contributed by atoms with Crippen molar-refractivity contribution in [3.05, 3.63) is 65.7 Å². The Morgan fingerprint density at radius 2 is 1.68 bits per heavy atom. The number of hydrogen-bond acceptors (Lipinski definition) is 3. The number of halogens is 1. The zero-order valence-electron chi connectivity index (χ0n) is 11.9. The maximum Gasteiger partial charge on any atom is 0.309 e. The van der Waals surface area contributed by atoms with Gasteiger partial charge in [0.2, 0.25) is 0 Å². The molecule has 0 atom stereocenters. The van der Waals surface area contributed by atoms with E-state index < -0.39 is 11.8 Å². The van der Waals surface area contributed by atoms with Gasteiger partial charge in [0, 0.05) is 25.5 Å². The molecule has 6 heteroatoms. The summed E-state index contributed by atoms with van der Waals surface area (Å²) in [7, 11) is 0. The molecule has 0 aliphatic heterocycles. The molecule has 22 heavy (non-hydrogen) atoms. The van der Waals surface area contributed by atoms with Crippen molar-refractivity contribution in [1.82, 2.24) is 15.6 Å². The van der Waals surface area contributed by atoms with E-state index in [4.69, 9.17) is 0 Å². The largest absolute Gasteiger partial charge is 0.348 e. The third-order valence-electron chi connectivity index (χ3n) is 3.05. The smallest absolute Gasteiger partial charge is 0.309 e. The fraction of sp³-hybridized carbons (Fsp3) is 0.188. The fourth-order valence-corrected chi connectivity index (χ4v) is 1.86. The van der Waals surface area contributed by atoms with Crippen molar-refractivity contribution in [2.45, 2.75) is 13.0 Å². The summed E-state index contributed by atoms with van der Waals surface area (Å²) in [5.41, 5.74) is 1.35. The monoisotopic (exact) mass is 301 g/mol. The lowest BCUT2D eigenvalue weighted by Crippen LogP contribution is -2.40. The molecule has 0 bridgehead atoms. The number of carbonyl (C=O) groups is 2. The van der Waals surface area contributed by atoms with Crippen molar-refractivity contribution in [2.75, 3.05) is 6.54 Å². The second-order valence-corrected chi connectivity index (χ2v) is 4.64. The molecule has 0 aliphatic carbocycles. The third-order valence-corrected chi connectivity index (χ3v) is 3.05. The van der Waals surface area contributed by atoms with Gasteiger partial charge in [0.1, 0.15) is 5.82 Å². The van der Waals surface area contributed by atoms with Crippen LogP contribution in [0, 0.1) is 5.82 Å². The number of nitrogens with one attached hydrogen (secondary N) is 2. The van der Waals surface area contributed by atoms with Crippen molar-refractivity contribution >= 4 is 11.8 Å². The van der Waals surface area contributed by atoms with Crippen molar-refractivity contribution in [3.8, 4) is 0 Å². The first-order valence-electron chi connectivity index (χ1n) is 6.85. The summed E-state index contributed by atoms with van der Waals surface area (Å²) in [6, 6.07) is 9.82. The Kier molecular flexibility index (Phi) is 5.59. The van der Waals surface area contributed by atoms with Gasteiger partial charge in [-0.25, -0.2) is 4.39 Å². The third kappa shape index (κ3) is 4.66. The minimum Gasteiger partial charge on any atom is -0.348 e. The normalized spacial score (nSPS) is 10.0. The molecule has 0 saturated heterocycles. The molecule has 1 heterocycles. The summed E-state index contributed by atoms with van der Waals surface area (Å²) in [6.45, 7) is 0.449. The molecule has 2 N–H and O–H groups in total. The molecule has 114 valence electrons. The van der Waals surface area contributed by atoms with E-state index in [9.17, 15) is 14.0 Å². The Balaban J connectivity index is 1.73. The minimum atomic E-state index is -0.731. The summed E-state index contributed by atoms with van der Waals surface area (Å²) in [5.74, 6) is -1.77. The van der Waals surface area contributed by atoms with Gasteiger partial charge >= 0.3 is 11.8 Å². The van der Waals surface area contributed by atoms with Crippen molar-refractivity contribution < 1.29 is 14.0 Å². The van der Waals surface area contributed by atoms with Crippen LogP contribution in [0.1, 0.15) is 11.1 Å². The number of hydrogen-bond donors (Lipinski definition) is 2. The number of nitrogens with zero attached hydrogens (tertiary/aromatic N) is 1. The minimum absolute atomic E-state index is 0.197. The molecule has 1 aromatic carbocycles. The topological polar surface area (TPSA) is 71.1 Å². The zero-order chi connectivity index (χ0) is 15.8. The Morgan fingerprint density at radius 3 is 2.41 bits per heavy atom. The Hall–Kier alpha value is -2.76. The average molecular weight is 301 g/mol. The van der Waals surface area contributed by atoms with Crippen LogP contribution in [0.2, 0.25) is 0 Å². The van der Waals surface area contributed by atoms with Gasteiger partial charge in [-0.1, -0.05) is 18.2 Å². The van der Waals surface area contributed by atoms with Crippen LogP contribution in [0.4, 0.5) is 4.39 Å². The lowest BCUT2D eigenvalue weighted by atomic mass is 10.1. The highest BCUT2D eigenvalue weighted by Crippen LogP contribution is 2.06. The van der Waals surface area contributed by atoms with E-state index in [1.54, 1.807) is 42.7 Å². The van der Waals surface area contributed by atoms with Crippen LogP contribution in [0.3, 0.4) is 0 Å². The lowest BCUT2D eigenvalue weighted by Gasteiger charge is -2.07. The first kappa shape index (κ1) is 15.6. The van der Waals surface area contributed by atoms with E-state index in [0.717, 1.165) is 5.56 Å². The predicted molar refractivity (Wildman–Crippen MR) is 79.2 cm³/mol. The summed E-state index contributed by atoms with van der Waals surface area (Å²) < 4.78 is 13.4. The number of amides is 2. The average Bonchev–Trinajstić information content (AvgIpc) is 2.55. The van der Waals surface area contributed by atoms with E-state index in [1.165, 1.54) is 6.07 Å². The van der Waals surface area contributed by atoms with E-state index in [1.807, 2.05) is 0 Å². The molecule has 0 aliphatic rings. The highest BCUT2D eigenvalue weighted by atomic mass is 19.1. The molecule has 0 saturated carbocycles. The molecule has 2 aromatic rings. The van der Waals surface area contributed by atoms with Gasteiger partial charge in [0.05, 0.1) is 0 Å². The summed E-state index contributed by atoms with van der Waals surface area (Å²) in [6.07, 6.45) is 3.54. The van der Waals surface area contributed by atoms with Crippen LogP contribution in [-0.2, 0) is 22.6 Å². The van der Waals surface area contributed by atoms with Crippen molar-refractivity contribution in [1.29, 1.82) is 0 Å². The van der Waals surface area contributed by atoms with Gasteiger partial charge in [-0.2, -0.15) is 0 Å². The van der Waals surface area contributed by atoms with E-state index in [2.05, 4.69) is 15.6 Å². The molecule has 0 spiro atoms. The maximum absolute atomic E-state index is 13.4. The van der Waals surface area contributed by atoms with Gasteiger partial charge in [0.25, 0.3) is 0 Å². The molecule has 2 rings (SSSR count). The molecule has 0 radical (unpaired) electrons. The summed E-state index contributed by atoms with van der Waals surface area (Å²) >= 11 is 0. The predicted octanol–water partition coefficient (Wildman–Crippen LogP) is 1.20. The first-order chi connectivity index (χ1) is 10.7. The molecule has 0 fully saturated rings. The molecule has 1 aromatic heterocycles. The Bertz CT molecular complexity index is 647. The van der Waals surface area contributed by atoms with E-state index in [0.29, 0.717) is 12.0 Å². The van der Waals surface area contributed by atoms with Gasteiger partial charge in [-0.3, -0.25) is 14.6 Å². The first-order valence-corrected chi connectivity index (χ1v) is 6.85. The van der Waals surface area contributed by atoms with Crippen LogP contribution >= 0.6 is 0 Å². The van der Waals surface area contributed by atoms with Crippen LogP contribution in [-0.4, -0.2) is 23.3 Å². The van der Waals surface area contributed by atoms with E-state index in [-0.39, 0.29) is 18.9 Å². The van der Waals surface area contributed by atoms with Crippen molar-refractivity contribution in [3.63, 3.8) is 0 Å². The maximum atomic E-state index is 13.4. The van der Waals surface area contributed by atoms with Crippen LogP contribution < -0.4 is 10.6 Å². The number of aromatic nitrogens is 1.